The van der Waals surface area contributed by atoms with Crippen LogP contribution in [0.5, 0.6) is 5.75 Å². The Bertz CT molecular complexity index is 412. The van der Waals surface area contributed by atoms with Gasteiger partial charge in [-0.05, 0) is 42.4 Å². The summed E-state index contributed by atoms with van der Waals surface area (Å²) < 4.78 is 18.7. The van der Waals surface area contributed by atoms with E-state index < -0.39 is 0 Å². The molecule has 0 N–H and O–H groups in total. The van der Waals surface area contributed by atoms with Crippen molar-refractivity contribution in [1.29, 1.82) is 0 Å². The number of ether oxygens (including phenoxy) is 1. The zero-order chi connectivity index (χ0) is 14.6. The molecular weight excluding hydrogens is 307 g/mol. The third kappa shape index (κ3) is 5.52. The molecule has 0 saturated carbocycles. The number of methoxy groups -OCH3 is 1. The maximum absolute atomic E-state index is 13.4. The molecule has 0 aliphatic rings. The van der Waals surface area contributed by atoms with Crippen LogP contribution in [0.1, 0.15) is 50.9 Å². The summed E-state index contributed by atoms with van der Waals surface area (Å²) in [5, 5.41) is 0. The van der Waals surface area contributed by atoms with E-state index in [1.807, 2.05) is 0 Å². The van der Waals surface area contributed by atoms with Gasteiger partial charge >= 0.3 is 0 Å². The van der Waals surface area contributed by atoms with Crippen LogP contribution in [-0.4, -0.2) is 7.11 Å². The summed E-state index contributed by atoms with van der Waals surface area (Å²) in [4.78, 5) is 0.121. The number of hydrogen-bond acceptors (Lipinski definition) is 1. The Kier molecular flexibility index (Phi) is 5.84. The molecule has 0 amide bonds. The fourth-order valence-electron chi connectivity index (χ4n) is 2.56. The maximum atomic E-state index is 13.4. The molecule has 0 heterocycles. The first-order valence-electron chi connectivity index (χ1n) is 6.70. The van der Waals surface area contributed by atoms with Gasteiger partial charge in [-0.2, -0.15) is 0 Å². The maximum Gasteiger partial charge on any atom is 0.123 e. The van der Waals surface area contributed by atoms with Gasteiger partial charge in [0.2, 0.25) is 0 Å². The van der Waals surface area contributed by atoms with Crippen LogP contribution in [0.15, 0.2) is 18.2 Å². The number of halogens is 2. The lowest BCUT2D eigenvalue weighted by atomic mass is 9.83. The predicted octanol–water partition coefficient (Wildman–Crippen LogP) is 5.73. The minimum Gasteiger partial charge on any atom is -0.496 e. The highest BCUT2D eigenvalue weighted by Gasteiger charge is 2.21. The highest BCUT2D eigenvalue weighted by atomic mass is 79.9. The third-order valence-electron chi connectivity index (χ3n) is 3.10. The second-order valence-electron chi connectivity index (χ2n) is 6.46. The molecule has 0 saturated heterocycles. The quantitative estimate of drug-likeness (QED) is 0.626. The Morgan fingerprint density at radius 1 is 1.32 bits per heavy atom. The molecule has 0 bridgehead atoms. The van der Waals surface area contributed by atoms with Crippen LogP contribution in [0.25, 0.3) is 0 Å². The van der Waals surface area contributed by atoms with E-state index >= 15 is 0 Å². The Hall–Kier alpha value is -0.570. The molecule has 0 spiro atoms. The van der Waals surface area contributed by atoms with Gasteiger partial charge < -0.3 is 4.74 Å². The average molecular weight is 331 g/mol. The predicted molar refractivity (Wildman–Crippen MR) is 82.5 cm³/mol. The van der Waals surface area contributed by atoms with Crippen LogP contribution in [0.3, 0.4) is 0 Å². The second kappa shape index (κ2) is 6.74. The molecule has 0 fully saturated rings. The van der Waals surface area contributed by atoms with Crippen molar-refractivity contribution in [3.8, 4) is 5.75 Å². The lowest BCUT2D eigenvalue weighted by molar-refractivity contribution is 0.295. The lowest BCUT2D eigenvalue weighted by Crippen LogP contribution is -2.12. The fourth-order valence-corrected chi connectivity index (χ4v) is 3.55. The fraction of sp³-hybridized carbons (Fsp3) is 0.625. The van der Waals surface area contributed by atoms with Gasteiger partial charge in [0, 0.05) is 10.4 Å². The first-order chi connectivity index (χ1) is 8.73. The third-order valence-corrected chi connectivity index (χ3v) is 3.97. The molecule has 19 heavy (non-hydrogen) atoms. The smallest absolute Gasteiger partial charge is 0.123 e. The summed E-state index contributed by atoms with van der Waals surface area (Å²) in [6.07, 6.45) is 2.11. The van der Waals surface area contributed by atoms with E-state index in [-0.39, 0.29) is 10.6 Å². The largest absolute Gasteiger partial charge is 0.496 e. The SMILES string of the molecule is COc1ccc(F)cc1C(Br)CC(C)CC(C)(C)C. The highest BCUT2D eigenvalue weighted by molar-refractivity contribution is 9.09. The molecule has 0 aromatic heterocycles. The second-order valence-corrected chi connectivity index (χ2v) is 7.56. The van der Waals surface area contributed by atoms with E-state index in [4.69, 9.17) is 4.74 Å². The molecule has 2 unspecified atom stereocenters. The molecule has 108 valence electrons. The molecule has 0 aliphatic heterocycles. The minimum absolute atomic E-state index is 0.121. The van der Waals surface area contributed by atoms with Crippen molar-refractivity contribution < 1.29 is 9.13 Å². The molecule has 1 aromatic carbocycles. The van der Waals surface area contributed by atoms with E-state index in [1.54, 1.807) is 19.2 Å². The Morgan fingerprint density at radius 2 is 1.95 bits per heavy atom. The molecule has 0 radical (unpaired) electrons. The minimum atomic E-state index is -0.219. The van der Waals surface area contributed by atoms with Crippen LogP contribution >= 0.6 is 15.9 Å². The van der Waals surface area contributed by atoms with E-state index in [2.05, 4.69) is 43.6 Å². The number of hydrogen-bond donors (Lipinski definition) is 0. The van der Waals surface area contributed by atoms with Crippen molar-refractivity contribution in [2.24, 2.45) is 11.3 Å². The standard InChI is InChI=1S/C16H24BrFO/c1-11(10-16(2,3)4)8-14(17)13-9-12(18)6-7-15(13)19-5/h6-7,9,11,14H,8,10H2,1-5H3. The van der Waals surface area contributed by atoms with Gasteiger partial charge in [0.25, 0.3) is 0 Å². The molecular formula is C16H24BrFO. The monoisotopic (exact) mass is 330 g/mol. The van der Waals surface area contributed by atoms with Crippen molar-refractivity contribution in [3.63, 3.8) is 0 Å². The van der Waals surface area contributed by atoms with Gasteiger partial charge in [-0.25, -0.2) is 4.39 Å². The van der Waals surface area contributed by atoms with Crippen molar-refractivity contribution in [1.82, 2.24) is 0 Å². The van der Waals surface area contributed by atoms with Crippen molar-refractivity contribution in [3.05, 3.63) is 29.6 Å². The number of rotatable bonds is 5. The van der Waals surface area contributed by atoms with Crippen LogP contribution in [0.4, 0.5) is 4.39 Å². The van der Waals surface area contributed by atoms with Gasteiger partial charge in [0.05, 0.1) is 7.11 Å². The van der Waals surface area contributed by atoms with Gasteiger partial charge in [0.15, 0.2) is 0 Å². The van der Waals surface area contributed by atoms with Gasteiger partial charge in [-0.3, -0.25) is 0 Å². The van der Waals surface area contributed by atoms with Crippen LogP contribution < -0.4 is 4.74 Å². The molecule has 1 aromatic rings. The van der Waals surface area contributed by atoms with Crippen LogP contribution in [-0.2, 0) is 0 Å². The summed E-state index contributed by atoms with van der Waals surface area (Å²) in [5.41, 5.74) is 1.21. The molecule has 1 rings (SSSR count). The zero-order valence-electron chi connectivity index (χ0n) is 12.5. The summed E-state index contributed by atoms with van der Waals surface area (Å²) >= 11 is 3.67. The normalized spacial score (nSPS) is 15.1. The first kappa shape index (κ1) is 16.5. The van der Waals surface area contributed by atoms with Gasteiger partial charge in [-0.1, -0.05) is 43.6 Å². The summed E-state index contributed by atoms with van der Waals surface area (Å²) in [6, 6.07) is 4.68. The number of benzene rings is 1. The van der Waals surface area contributed by atoms with Crippen LogP contribution in [0.2, 0.25) is 0 Å². The van der Waals surface area contributed by atoms with E-state index in [9.17, 15) is 4.39 Å². The van der Waals surface area contributed by atoms with E-state index in [0.717, 1.165) is 24.2 Å². The zero-order valence-corrected chi connectivity index (χ0v) is 14.1. The summed E-state index contributed by atoms with van der Waals surface area (Å²) in [7, 11) is 1.62. The summed E-state index contributed by atoms with van der Waals surface area (Å²) in [5.74, 6) is 1.09. The molecule has 1 nitrogen and oxygen atoms in total. The van der Waals surface area contributed by atoms with Crippen LogP contribution in [0, 0.1) is 17.2 Å². The lowest BCUT2D eigenvalue weighted by Gasteiger charge is -2.25. The first-order valence-corrected chi connectivity index (χ1v) is 7.62. The average Bonchev–Trinajstić information content (AvgIpc) is 2.26. The Labute approximate surface area is 124 Å². The topological polar surface area (TPSA) is 9.23 Å². The number of alkyl halides is 1. The van der Waals surface area contributed by atoms with E-state index in [1.165, 1.54) is 6.07 Å². The highest BCUT2D eigenvalue weighted by Crippen LogP contribution is 2.38. The van der Waals surface area contributed by atoms with Gasteiger partial charge in [-0.15, -0.1) is 0 Å². The van der Waals surface area contributed by atoms with Gasteiger partial charge in [0.1, 0.15) is 11.6 Å². The van der Waals surface area contributed by atoms with E-state index in [0.29, 0.717) is 11.3 Å². The van der Waals surface area contributed by atoms with Crippen molar-refractivity contribution >= 4 is 15.9 Å². The Balaban J connectivity index is 2.77. The molecule has 2 atom stereocenters. The van der Waals surface area contributed by atoms with Crippen molar-refractivity contribution in [2.75, 3.05) is 7.11 Å². The summed E-state index contributed by atoms with van der Waals surface area (Å²) in [6.45, 7) is 8.98. The van der Waals surface area contributed by atoms with Crippen molar-refractivity contribution in [2.45, 2.75) is 45.4 Å². The molecule has 0 aliphatic carbocycles. The molecule has 3 heteroatoms. The Morgan fingerprint density at radius 3 is 2.47 bits per heavy atom.